The molecule has 0 aromatic rings. The van der Waals surface area contributed by atoms with Crippen molar-refractivity contribution in [2.75, 3.05) is 19.6 Å². The highest BCUT2D eigenvalue weighted by molar-refractivity contribution is 5.80. The number of nitrogens with one attached hydrogen (secondary N) is 1. The minimum atomic E-state index is -0.940. The van der Waals surface area contributed by atoms with E-state index in [0.29, 0.717) is 19.0 Å². The first-order chi connectivity index (χ1) is 9.48. The van der Waals surface area contributed by atoms with E-state index in [9.17, 15) is 9.59 Å². The Morgan fingerprint density at radius 3 is 2.45 bits per heavy atom. The summed E-state index contributed by atoms with van der Waals surface area (Å²) in [4.78, 5) is 24.5. The van der Waals surface area contributed by atoms with E-state index in [0.717, 1.165) is 25.7 Å². The van der Waals surface area contributed by atoms with Crippen LogP contribution in [-0.4, -0.2) is 41.6 Å². The maximum Gasteiger partial charge on any atom is 0.323 e. The third kappa shape index (κ3) is 4.69. The number of urea groups is 1. The van der Waals surface area contributed by atoms with Crippen LogP contribution in [0.3, 0.4) is 0 Å². The summed E-state index contributed by atoms with van der Waals surface area (Å²) >= 11 is 0. The average molecular weight is 282 g/mol. The lowest BCUT2D eigenvalue weighted by Gasteiger charge is -2.34. The van der Waals surface area contributed by atoms with Crippen molar-refractivity contribution in [2.45, 2.75) is 51.9 Å². The summed E-state index contributed by atoms with van der Waals surface area (Å²) in [6, 6.07) is -0.217. The van der Waals surface area contributed by atoms with Crippen LogP contribution in [0.15, 0.2) is 0 Å². The molecule has 0 unspecified atom stereocenters. The summed E-state index contributed by atoms with van der Waals surface area (Å²) in [7, 11) is 0. The summed E-state index contributed by atoms with van der Waals surface area (Å²) in [5.74, 6) is -0.435. The van der Waals surface area contributed by atoms with Crippen LogP contribution in [-0.2, 0) is 4.79 Å². The molecule has 2 N–H and O–H groups in total. The minimum absolute atomic E-state index is 0.183. The zero-order valence-corrected chi connectivity index (χ0v) is 12.4. The second-order valence-electron chi connectivity index (χ2n) is 6.75. The highest BCUT2D eigenvalue weighted by atomic mass is 16.4. The normalized spacial score (nSPS) is 21.2. The van der Waals surface area contributed by atoms with Crippen LogP contribution in [0.25, 0.3) is 0 Å². The highest BCUT2D eigenvalue weighted by Gasteiger charge is 2.30. The number of carbonyl (C=O) groups is 2. The third-order valence-corrected chi connectivity index (χ3v) is 4.52. The van der Waals surface area contributed by atoms with Gasteiger partial charge in [-0.15, -0.1) is 0 Å². The quantitative estimate of drug-likeness (QED) is 0.786. The number of aliphatic carboxylic acids is 1. The first-order valence-corrected chi connectivity index (χ1v) is 7.73. The second kappa shape index (κ2) is 6.46. The van der Waals surface area contributed by atoms with Crippen LogP contribution in [0, 0.1) is 11.3 Å². The summed E-state index contributed by atoms with van der Waals surface area (Å²) in [6.45, 7) is 3.26. The Kier molecular flexibility index (Phi) is 4.89. The van der Waals surface area contributed by atoms with Gasteiger partial charge >= 0.3 is 12.0 Å². The van der Waals surface area contributed by atoms with Gasteiger partial charge in [0.25, 0.3) is 0 Å². The van der Waals surface area contributed by atoms with E-state index in [1.807, 2.05) is 0 Å². The summed E-state index contributed by atoms with van der Waals surface area (Å²) in [5, 5.41) is 11.9. The number of carboxylic acid groups (broad SMARTS) is 1. The van der Waals surface area contributed by atoms with Gasteiger partial charge in [-0.25, -0.2) is 4.79 Å². The first kappa shape index (κ1) is 15.1. The Labute approximate surface area is 120 Å². The molecule has 114 valence electrons. The Morgan fingerprint density at radius 2 is 1.90 bits per heavy atom. The molecule has 20 heavy (non-hydrogen) atoms. The van der Waals surface area contributed by atoms with E-state index in [4.69, 9.17) is 5.11 Å². The van der Waals surface area contributed by atoms with Gasteiger partial charge in [0.15, 0.2) is 0 Å². The fourth-order valence-electron chi connectivity index (χ4n) is 2.98. The van der Waals surface area contributed by atoms with Crippen molar-refractivity contribution in [1.29, 1.82) is 0 Å². The molecule has 0 saturated heterocycles. The van der Waals surface area contributed by atoms with E-state index < -0.39 is 5.97 Å². The monoisotopic (exact) mass is 282 g/mol. The van der Waals surface area contributed by atoms with Crippen LogP contribution < -0.4 is 5.32 Å². The van der Waals surface area contributed by atoms with Crippen LogP contribution in [0.1, 0.15) is 51.9 Å². The number of hydrogen-bond donors (Lipinski definition) is 2. The molecule has 0 aromatic heterocycles. The van der Waals surface area contributed by atoms with Gasteiger partial charge in [-0.05, 0) is 37.0 Å². The molecular weight excluding hydrogens is 256 g/mol. The maximum absolute atomic E-state index is 12.2. The Balaban J connectivity index is 1.81. The fraction of sp³-hybridized carbons (Fsp3) is 0.867. The lowest BCUT2D eigenvalue weighted by molar-refractivity contribution is -0.137. The van der Waals surface area contributed by atoms with Crippen LogP contribution in [0.2, 0.25) is 0 Å². The van der Waals surface area contributed by atoms with E-state index in [1.54, 1.807) is 0 Å². The number of carbonyl (C=O) groups excluding carboxylic acids is 1. The molecule has 2 aliphatic rings. The molecular formula is C15H26N2O3. The van der Waals surface area contributed by atoms with Crippen molar-refractivity contribution in [2.24, 2.45) is 11.3 Å². The Bertz CT molecular complexity index is 360. The van der Waals surface area contributed by atoms with Gasteiger partial charge in [0.05, 0.1) is 0 Å². The Morgan fingerprint density at radius 1 is 1.25 bits per heavy atom. The molecule has 5 heteroatoms. The number of amides is 2. The van der Waals surface area contributed by atoms with Crippen molar-refractivity contribution in [1.82, 2.24) is 10.2 Å². The predicted octanol–water partition coefficient (Wildman–Crippen LogP) is 2.46. The molecule has 0 radical (unpaired) electrons. The van der Waals surface area contributed by atoms with Crippen LogP contribution >= 0.6 is 0 Å². The molecule has 2 saturated carbocycles. The van der Waals surface area contributed by atoms with E-state index in [1.165, 1.54) is 24.2 Å². The molecule has 0 spiro atoms. The standard InChI is InChI=1S/C15H26N2O3/c1-15(7-3-2-4-8-15)11-16-14(20)17(10-13(18)19)9-12-5-6-12/h12H,2-11H2,1H3,(H,16,20)(H,18,19). The topological polar surface area (TPSA) is 69.6 Å². The molecule has 2 fully saturated rings. The van der Waals surface area contributed by atoms with Gasteiger partial charge in [-0.3, -0.25) is 4.79 Å². The lowest BCUT2D eigenvalue weighted by Crippen LogP contribution is -2.47. The fourth-order valence-corrected chi connectivity index (χ4v) is 2.98. The molecule has 0 bridgehead atoms. The molecule has 5 nitrogen and oxygen atoms in total. The van der Waals surface area contributed by atoms with Crippen molar-refractivity contribution in [3.63, 3.8) is 0 Å². The van der Waals surface area contributed by atoms with Gasteiger partial charge < -0.3 is 15.3 Å². The second-order valence-corrected chi connectivity index (χ2v) is 6.75. The molecule has 0 heterocycles. The van der Waals surface area contributed by atoms with Gasteiger partial charge in [0.2, 0.25) is 0 Å². The van der Waals surface area contributed by atoms with Crippen molar-refractivity contribution in [3.05, 3.63) is 0 Å². The van der Waals surface area contributed by atoms with Gasteiger partial charge in [-0.2, -0.15) is 0 Å². The lowest BCUT2D eigenvalue weighted by atomic mass is 9.76. The highest BCUT2D eigenvalue weighted by Crippen LogP contribution is 2.35. The minimum Gasteiger partial charge on any atom is -0.480 e. The van der Waals surface area contributed by atoms with E-state index in [2.05, 4.69) is 12.2 Å². The number of nitrogens with zero attached hydrogens (tertiary/aromatic N) is 1. The number of carboxylic acids is 1. The van der Waals surface area contributed by atoms with Crippen molar-refractivity contribution >= 4 is 12.0 Å². The van der Waals surface area contributed by atoms with Gasteiger partial charge in [0, 0.05) is 13.1 Å². The molecule has 2 amide bonds. The average Bonchev–Trinajstić information content (AvgIpc) is 3.20. The molecule has 0 aromatic carbocycles. The van der Waals surface area contributed by atoms with E-state index >= 15 is 0 Å². The molecule has 0 atom stereocenters. The van der Waals surface area contributed by atoms with E-state index in [-0.39, 0.29) is 18.0 Å². The zero-order chi connectivity index (χ0) is 14.6. The number of hydrogen-bond acceptors (Lipinski definition) is 2. The predicted molar refractivity (Wildman–Crippen MR) is 76.5 cm³/mol. The SMILES string of the molecule is CC1(CNC(=O)N(CC(=O)O)CC2CC2)CCCCC1. The van der Waals surface area contributed by atoms with Crippen molar-refractivity contribution in [3.8, 4) is 0 Å². The molecule has 2 aliphatic carbocycles. The summed E-state index contributed by atoms with van der Waals surface area (Å²) < 4.78 is 0. The van der Waals surface area contributed by atoms with Crippen LogP contribution in [0.5, 0.6) is 0 Å². The summed E-state index contributed by atoms with van der Waals surface area (Å²) in [5.41, 5.74) is 0.183. The smallest absolute Gasteiger partial charge is 0.323 e. The summed E-state index contributed by atoms with van der Waals surface area (Å²) in [6.07, 6.45) is 8.27. The van der Waals surface area contributed by atoms with Crippen molar-refractivity contribution < 1.29 is 14.7 Å². The zero-order valence-electron chi connectivity index (χ0n) is 12.4. The third-order valence-electron chi connectivity index (χ3n) is 4.52. The Hall–Kier alpha value is -1.26. The first-order valence-electron chi connectivity index (χ1n) is 7.73. The molecule has 2 rings (SSSR count). The maximum atomic E-state index is 12.2. The number of rotatable bonds is 6. The van der Waals surface area contributed by atoms with Gasteiger partial charge in [0.1, 0.15) is 6.54 Å². The van der Waals surface area contributed by atoms with Gasteiger partial charge in [-0.1, -0.05) is 26.2 Å². The molecule has 0 aliphatic heterocycles. The van der Waals surface area contributed by atoms with Crippen LogP contribution in [0.4, 0.5) is 4.79 Å². The largest absolute Gasteiger partial charge is 0.480 e.